The molecule has 3 heterocycles. The minimum atomic E-state index is -3.87. The van der Waals surface area contributed by atoms with Gasteiger partial charge in [-0.15, -0.1) is 0 Å². The molecule has 1 aromatic rings. The van der Waals surface area contributed by atoms with E-state index in [1.54, 1.807) is 32.1 Å². The average molecular weight is 691 g/mol. The third kappa shape index (κ3) is 10.7. The summed E-state index contributed by atoms with van der Waals surface area (Å²) in [6.45, 7) is 12.9. The third-order valence-corrected chi connectivity index (χ3v) is 10.8. The van der Waals surface area contributed by atoms with Crippen molar-refractivity contribution in [1.82, 2.24) is 20.1 Å². The van der Waals surface area contributed by atoms with Crippen LogP contribution < -0.4 is 5.32 Å². The van der Waals surface area contributed by atoms with Crippen molar-refractivity contribution < 1.29 is 41.9 Å². The molecule has 1 saturated heterocycles. The van der Waals surface area contributed by atoms with Crippen LogP contribution in [-0.4, -0.2) is 114 Å². The van der Waals surface area contributed by atoms with Gasteiger partial charge in [0.25, 0.3) is 5.91 Å². The standard InChI is InChI=1S/C34H50N4O9S/c1-7-37(8-2)16-17-48(44,45)28-13-15-38-31(28)34(43)47-32(22(3)4)24(6)11-12-29(41)35-14-9-10-23(5)18-25(39)19-26(40)20-30-36-27(21-46-30)33(38)42/h9-12,18,21-22,24-25,28,31-32,39H,7-8,13-17,19-20H2,1-6H3,(H,35,41)/b10-9?,12-11+,23-18?/t24-,25-,28-,31-,32+/m1/s1. The van der Waals surface area contributed by atoms with Gasteiger partial charge in [0.1, 0.15) is 24.2 Å². The molecule has 2 amide bonds. The number of sulfone groups is 1. The first-order valence-electron chi connectivity index (χ1n) is 16.6. The molecule has 1 aromatic heterocycles. The molecule has 13 nitrogen and oxygen atoms in total. The molecule has 266 valence electrons. The Morgan fingerprint density at radius 1 is 1.15 bits per heavy atom. The maximum atomic E-state index is 14.0. The highest BCUT2D eigenvalue weighted by molar-refractivity contribution is 7.92. The Labute approximate surface area is 283 Å². The summed E-state index contributed by atoms with van der Waals surface area (Å²) in [6, 6.07) is -1.44. The number of hydrogen-bond acceptors (Lipinski definition) is 11. The number of ketones is 1. The monoisotopic (exact) mass is 690 g/mol. The maximum absolute atomic E-state index is 14.0. The summed E-state index contributed by atoms with van der Waals surface area (Å²) in [5.74, 6) is -3.23. The van der Waals surface area contributed by atoms with E-state index in [1.165, 1.54) is 12.2 Å². The van der Waals surface area contributed by atoms with E-state index in [2.05, 4.69) is 10.3 Å². The van der Waals surface area contributed by atoms with Crippen molar-refractivity contribution in [1.29, 1.82) is 0 Å². The number of rotatable bonds is 7. The minimum absolute atomic E-state index is 0.0243. The Balaban J connectivity index is 2.00. The molecule has 1 fully saturated rings. The highest BCUT2D eigenvalue weighted by Gasteiger charge is 2.50. The van der Waals surface area contributed by atoms with Gasteiger partial charge in [0.15, 0.2) is 15.5 Å². The first-order valence-corrected chi connectivity index (χ1v) is 18.3. The molecule has 0 spiro atoms. The second kappa shape index (κ2) is 17.7. The van der Waals surface area contributed by atoms with Crippen molar-refractivity contribution in [3.8, 4) is 0 Å². The quantitative estimate of drug-likeness (QED) is 0.402. The Morgan fingerprint density at radius 3 is 2.52 bits per heavy atom. The Hall–Kier alpha value is -3.62. The van der Waals surface area contributed by atoms with Gasteiger partial charge in [-0.25, -0.2) is 18.2 Å². The van der Waals surface area contributed by atoms with Gasteiger partial charge in [0.05, 0.1) is 23.5 Å². The molecule has 3 rings (SSSR count). The van der Waals surface area contributed by atoms with E-state index >= 15 is 0 Å². The number of ether oxygens (including phenoxy) is 1. The smallest absolute Gasteiger partial charge is 0.330 e. The van der Waals surface area contributed by atoms with E-state index < -0.39 is 51.1 Å². The molecule has 0 aliphatic carbocycles. The molecule has 2 N–H and O–H groups in total. The summed E-state index contributed by atoms with van der Waals surface area (Å²) in [6.07, 6.45) is 6.68. The van der Waals surface area contributed by atoms with E-state index in [-0.39, 0.29) is 73.8 Å². The predicted octanol–water partition coefficient (Wildman–Crippen LogP) is 2.27. The van der Waals surface area contributed by atoms with E-state index in [1.807, 2.05) is 32.6 Å². The van der Waals surface area contributed by atoms with Crippen molar-refractivity contribution >= 4 is 33.4 Å². The largest absolute Gasteiger partial charge is 0.460 e. The summed E-state index contributed by atoms with van der Waals surface area (Å²) in [4.78, 5) is 60.3. The van der Waals surface area contributed by atoms with Gasteiger partial charge < -0.3 is 29.4 Å². The number of fused-ring (bicyclic) bond motifs is 3. The van der Waals surface area contributed by atoms with E-state index in [0.717, 1.165) is 11.2 Å². The van der Waals surface area contributed by atoms with Crippen LogP contribution in [0.4, 0.5) is 0 Å². The highest BCUT2D eigenvalue weighted by atomic mass is 32.2. The SMILES string of the molecule is CCN(CC)CCS(=O)(=O)[C@@H]1CCN2C(=O)c3coc(n3)CC(=O)C[C@H](O)C=C(C)C=CCNC(=O)/C=C/[C@@H](C)[C@H](C(C)C)OC(=O)[C@@H]12. The molecule has 48 heavy (non-hydrogen) atoms. The van der Waals surface area contributed by atoms with Crippen LogP contribution in [0.2, 0.25) is 0 Å². The number of Topliss-reactive ketones (excluding diaryl/α,β-unsaturated/α-hetero) is 1. The number of allylic oxidation sites excluding steroid dienone is 2. The van der Waals surface area contributed by atoms with Gasteiger partial charge in [-0.3, -0.25) is 14.4 Å². The Bertz CT molecular complexity index is 1490. The fourth-order valence-corrected chi connectivity index (χ4v) is 7.92. The van der Waals surface area contributed by atoms with Crippen LogP contribution in [0.5, 0.6) is 0 Å². The number of cyclic esters (lactones) is 1. The van der Waals surface area contributed by atoms with Crippen LogP contribution in [0.3, 0.4) is 0 Å². The molecule has 0 aromatic carbocycles. The number of aromatic nitrogens is 1. The molecule has 5 atom stereocenters. The summed E-state index contributed by atoms with van der Waals surface area (Å²) in [5.41, 5.74) is 0.505. The van der Waals surface area contributed by atoms with Crippen molar-refractivity contribution in [3.63, 3.8) is 0 Å². The number of aliphatic hydroxyl groups is 1. The molecule has 2 aliphatic rings. The average Bonchev–Trinajstić information content (AvgIpc) is 3.68. The number of carbonyl (C=O) groups is 4. The zero-order valence-electron chi connectivity index (χ0n) is 28.8. The lowest BCUT2D eigenvalue weighted by Gasteiger charge is -2.31. The fourth-order valence-electron chi connectivity index (χ4n) is 5.99. The van der Waals surface area contributed by atoms with Crippen molar-refractivity contribution in [2.75, 3.05) is 38.5 Å². The van der Waals surface area contributed by atoms with Crippen LogP contribution >= 0.6 is 0 Å². The highest BCUT2D eigenvalue weighted by Crippen LogP contribution is 2.30. The zero-order valence-corrected chi connectivity index (χ0v) is 29.6. The molecule has 14 heteroatoms. The van der Waals surface area contributed by atoms with Gasteiger partial charge in [-0.05, 0) is 38.4 Å². The lowest BCUT2D eigenvalue weighted by molar-refractivity contribution is -0.157. The summed E-state index contributed by atoms with van der Waals surface area (Å²) in [5, 5.41) is 11.9. The molecule has 2 bridgehead atoms. The lowest BCUT2D eigenvalue weighted by Crippen LogP contribution is -2.50. The zero-order chi connectivity index (χ0) is 35.6. The number of nitrogens with one attached hydrogen (secondary N) is 1. The molecular weight excluding hydrogens is 640 g/mol. The number of carbonyl (C=O) groups excluding carboxylic acids is 4. The van der Waals surface area contributed by atoms with Gasteiger partial charge in [0.2, 0.25) is 11.8 Å². The normalized spacial score (nSPS) is 26.3. The first-order chi connectivity index (χ1) is 22.7. The number of oxazole rings is 1. The second-order valence-electron chi connectivity index (χ2n) is 12.7. The van der Waals surface area contributed by atoms with Crippen LogP contribution in [-0.2, 0) is 35.4 Å². The summed E-state index contributed by atoms with van der Waals surface area (Å²) >= 11 is 0. The minimum Gasteiger partial charge on any atom is -0.460 e. The van der Waals surface area contributed by atoms with E-state index in [0.29, 0.717) is 18.7 Å². The number of nitrogens with zero attached hydrogens (tertiary/aromatic N) is 3. The summed E-state index contributed by atoms with van der Waals surface area (Å²) < 4.78 is 38.9. The van der Waals surface area contributed by atoms with Gasteiger partial charge in [-0.2, -0.15) is 0 Å². The van der Waals surface area contributed by atoms with Crippen LogP contribution in [0.1, 0.15) is 70.8 Å². The third-order valence-electron chi connectivity index (χ3n) is 8.66. The Morgan fingerprint density at radius 2 is 1.85 bits per heavy atom. The van der Waals surface area contributed by atoms with Crippen LogP contribution in [0.25, 0.3) is 0 Å². The number of aliphatic hydroxyl groups excluding tert-OH is 1. The van der Waals surface area contributed by atoms with Gasteiger partial charge in [0, 0.05) is 32.0 Å². The Kier molecular flexibility index (Phi) is 14.3. The van der Waals surface area contributed by atoms with Crippen LogP contribution in [0, 0.1) is 11.8 Å². The molecular formula is C34H50N4O9S. The van der Waals surface area contributed by atoms with Gasteiger partial charge in [-0.1, -0.05) is 64.5 Å². The lowest BCUT2D eigenvalue weighted by atomic mass is 9.94. The van der Waals surface area contributed by atoms with E-state index in [9.17, 15) is 32.7 Å². The molecule has 0 radical (unpaired) electrons. The number of amides is 2. The summed E-state index contributed by atoms with van der Waals surface area (Å²) in [7, 11) is -3.87. The number of esters is 1. The molecule has 2 aliphatic heterocycles. The van der Waals surface area contributed by atoms with E-state index in [4.69, 9.17) is 9.15 Å². The maximum Gasteiger partial charge on any atom is 0.330 e. The van der Waals surface area contributed by atoms with Crippen molar-refractivity contribution in [2.45, 2.75) is 84.3 Å². The molecule has 0 unspecified atom stereocenters. The van der Waals surface area contributed by atoms with Crippen molar-refractivity contribution in [3.05, 3.63) is 53.8 Å². The topological polar surface area (TPSA) is 176 Å². The second-order valence-corrected chi connectivity index (χ2v) is 15.0. The van der Waals surface area contributed by atoms with Crippen LogP contribution in [0.15, 0.2) is 46.6 Å². The predicted molar refractivity (Wildman–Crippen MR) is 180 cm³/mol. The fraction of sp³-hybridized carbons (Fsp3) is 0.618. The van der Waals surface area contributed by atoms with Crippen molar-refractivity contribution in [2.24, 2.45) is 11.8 Å². The number of hydrogen-bond donors (Lipinski definition) is 2. The van der Waals surface area contributed by atoms with Gasteiger partial charge >= 0.3 is 5.97 Å². The molecule has 0 saturated carbocycles. The first kappa shape index (κ1) is 38.8.